The zero-order chi connectivity index (χ0) is 12.7. The summed E-state index contributed by atoms with van der Waals surface area (Å²) in [6.07, 6.45) is 0. The van der Waals surface area contributed by atoms with Gasteiger partial charge in [0.15, 0.2) is 0 Å². The van der Waals surface area contributed by atoms with Crippen molar-refractivity contribution in [2.24, 2.45) is 0 Å². The summed E-state index contributed by atoms with van der Waals surface area (Å²) < 4.78 is 5.08. The summed E-state index contributed by atoms with van der Waals surface area (Å²) in [5, 5.41) is 6.11. The van der Waals surface area contributed by atoms with Gasteiger partial charge in [0.05, 0.1) is 7.11 Å². The summed E-state index contributed by atoms with van der Waals surface area (Å²) in [6, 6.07) is 7.40. The molecule has 4 nitrogen and oxygen atoms in total. The molecule has 0 radical (unpaired) electrons. The fourth-order valence-electron chi connectivity index (χ4n) is 1.53. The molecule has 0 bridgehead atoms. The van der Waals surface area contributed by atoms with Gasteiger partial charge >= 0.3 is 0 Å². The van der Waals surface area contributed by atoms with Crippen LogP contribution in [-0.4, -0.2) is 32.1 Å². The lowest BCUT2D eigenvalue weighted by atomic mass is 10.2. The smallest absolute Gasteiger partial charge is 0.251 e. The summed E-state index contributed by atoms with van der Waals surface area (Å²) in [4.78, 5) is 11.8. The van der Waals surface area contributed by atoms with Gasteiger partial charge in [-0.15, -0.1) is 12.4 Å². The maximum Gasteiger partial charge on any atom is 0.251 e. The molecule has 0 aliphatic heterocycles. The minimum Gasteiger partial charge on any atom is -0.497 e. The van der Waals surface area contributed by atoms with Crippen molar-refractivity contribution in [1.29, 1.82) is 0 Å². The Kier molecular flexibility index (Phi) is 8.16. The maximum atomic E-state index is 11.8. The molecule has 1 amide bonds. The van der Waals surface area contributed by atoms with E-state index in [9.17, 15) is 4.79 Å². The first-order valence-electron chi connectivity index (χ1n) is 5.83. The fraction of sp³-hybridized carbons (Fsp3) is 0.462. The van der Waals surface area contributed by atoms with Crippen LogP contribution in [0.2, 0.25) is 0 Å². The van der Waals surface area contributed by atoms with Gasteiger partial charge in [-0.2, -0.15) is 0 Å². The van der Waals surface area contributed by atoms with Gasteiger partial charge in [0, 0.05) is 18.2 Å². The second-order valence-electron chi connectivity index (χ2n) is 3.90. The molecule has 1 aromatic rings. The van der Waals surface area contributed by atoms with E-state index in [-0.39, 0.29) is 24.4 Å². The number of hydrogen-bond donors (Lipinski definition) is 2. The first kappa shape index (κ1) is 16.7. The van der Waals surface area contributed by atoms with Gasteiger partial charge in [-0.1, -0.05) is 13.0 Å². The van der Waals surface area contributed by atoms with Crippen LogP contribution in [0.1, 0.15) is 24.2 Å². The molecule has 0 unspecified atom stereocenters. The van der Waals surface area contributed by atoms with Crippen molar-refractivity contribution >= 4 is 18.3 Å². The van der Waals surface area contributed by atoms with Crippen LogP contribution in [0.4, 0.5) is 0 Å². The monoisotopic (exact) mass is 272 g/mol. The average molecular weight is 273 g/mol. The van der Waals surface area contributed by atoms with Crippen molar-refractivity contribution in [2.75, 3.05) is 20.2 Å². The van der Waals surface area contributed by atoms with E-state index in [0.717, 1.165) is 6.54 Å². The Hall–Kier alpha value is -1.26. The van der Waals surface area contributed by atoms with E-state index in [4.69, 9.17) is 4.74 Å². The second-order valence-corrected chi connectivity index (χ2v) is 3.90. The topological polar surface area (TPSA) is 50.4 Å². The van der Waals surface area contributed by atoms with Crippen molar-refractivity contribution in [1.82, 2.24) is 10.6 Å². The van der Waals surface area contributed by atoms with Crippen LogP contribution >= 0.6 is 12.4 Å². The third-order valence-corrected chi connectivity index (χ3v) is 2.45. The number of methoxy groups -OCH3 is 1. The van der Waals surface area contributed by atoms with E-state index in [1.165, 1.54) is 0 Å². The zero-order valence-corrected chi connectivity index (χ0v) is 11.8. The number of nitrogens with one attached hydrogen (secondary N) is 2. The Labute approximate surface area is 115 Å². The van der Waals surface area contributed by atoms with Crippen molar-refractivity contribution in [3.05, 3.63) is 29.8 Å². The number of hydrogen-bond acceptors (Lipinski definition) is 3. The SMILES string of the molecule is CCN[C@H](C)CNC(=O)c1cccc(OC)c1.Cl. The van der Waals surface area contributed by atoms with E-state index < -0.39 is 0 Å². The highest BCUT2D eigenvalue weighted by molar-refractivity contribution is 5.94. The Balaban J connectivity index is 0.00000289. The van der Waals surface area contributed by atoms with Crippen LogP contribution in [-0.2, 0) is 0 Å². The van der Waals surface area contributed by atoms with Gasteiger partial charge in [-0.3, -0.25) is 4.79 Å². The first-order chi connectivity index (χ1) is 8.17. The quantitative estimate of drug-likeness (QED) is 0.831. The van der Waals surface area contributed by atoms with Crippen molar-refractivity contribution in [3.8, 4) is 5.75 Å². The third-order valence-electron chi connectivity index (χ3n) is 2.45. The predicted octanol–water partition coefficient (Wildman–Crippen LogP) is 1.84. The average Bonchev–Trinajstić information content (AvgIpc) is 2.36. The molecular weight excluding hydrogens is 252 g/mol. The predicted molar refractivity (Wildman–Crippen MR) is 75.7 cm³/mol. The van der Waals surface area contributed by atoms with Gasteiger partial charge in [-0.25, -0.2) is 0 Å². The maximum absolute atomic E-state index is 11.8. The minimum atomic E-state index is -0.0753. The van der Waals surface area contributed by atoms with E-state index in [2.05, 4.69) is 10.6 Å². The number of likely N-dealkylation sites (N-methyl/N-ethyl adjacent to an activating group) is 1. The number of benzene rings is 1. The molecule has 0 saturated carbocycles. The van der Waals surface area contributed by atoms with Crippen LogP contribution < -0.4 is 15.4 Å². The number of rotatable bonds is 6. The number of amides is 1. The van der Waals surface area contributed by atoms with E-state index in [0.29, 0.717) is 17.9 Å². The van der Waals surface area contributed by atoms with Crippen LogP contribution in [0.25, 0.3) is 0 Å². The van der Waals surface area contributed by atoms with Gasteiger partial charge in [0.25, 0.3) is 5.91 Å². The fourth-order valence-corrected chi connectivity index (χ4v) is 1.53. The summed E-state index contributed by atoms with van der Waals surface area (Å²) in [7, 11) is 1.59. The highest BCUT2D eigenvalue weighted by Crippen LogP contribution is 2.12. The molecule has 0 aliphatic carbocycles. The lowest BCUT2D eigenvalue weighted by Gasteiger charge is -2.13. The second kappa shape index (κ2) is 8.78. The van der Waals surface area contributed by atoms with Crippen LogP contribution in [0.5, 0.6) is 5.75 Å². The molecule has 0 aromatic heterocycles. The van der Waals surface area contributed by atoms with Crippen molar-refractivity contribution < 1.29 is 9.53 Å². The molecule has 1 atom stereocenters. The molecule has 102 valence electrons. The molecule has 0 heterocycles. The normalized spacial score (nSPS) is 11.3. The summed E-state index contributed by atoms with van der Waals surface area (Å²) in [6.45, 7) is 5.59. The molecule has 0 spiro atoms. The molecule has 1 aromatic carbocycles. The third kappa shape index (κ3) is 5.38. The van der Waals surface area contributed by atoms with Gasteiger partial charge < -0.3 is 15.4 Å². The number of halogens is 1. The molecule has 0 saturated heterocycles. The Morgan fingerprint density at radius 1 is 1.44 bits per heavy atom. The van der Waals surface area contributed by atoms with Gasteiger partial charge in [0.2, 0.25) is 0 Å². The van der Waals surface area contributed by atoms with Gasteiger partial charge in [0.1, 0.15) is 5.75 Å². The lowest BCUT2D eigenvalue weighted by molar-refractivity contribution is 0.0950. The molecule has 18 heavy (non-hydrogen) atoms. The van der Waals surface area contributed by atoms with Crippen molar-refractivity contribution in [3.63, 3.8) is 0 Å². The Morgan fingerprint density at radius 3 is 2.78 bits per heavy atom. The van der Waals surface area contributed by atoms with Crippen LogP contribution in [0, 0.1) is 0 Å². The minimum absolute atomic E-state index is 0. The summed E-state index contributed by atoms with van der Waals surface area (Å²) >= 11 is 0. The Bertz CT molecular complexity index is 372. The highest BCUT2D eigenvalue weighted by atomic mass is 35.5. The van der Waals surface area contributed by atoms with Crippen LogP contribution in [0.3, 0.4) is 0 Å². The highest BCUT2D eigenvalue weighted by Gasteiger charge is 2.07. The number of ether oxygens (including phenoxy) is 1. The first-order valence-corrected chi connectivity index (χ1v) is 5.83. The Morgan fingerprint density at radius 2 is 2.17 bits per heavy atom. The van der Waals surface area contributed by atoms with Crippen molar-refractivity contribution in [2.45, 2.75) is 19.9 Å². The van der Waals surface area contributed by atoms with E-state index >= 15 is 0 Å². The number of carbonyl (C=O) groups excluding carboxylic acids is 1. The lowest BCUT2D eigenvalue weighted by Crippen LogP contribution is -2.38. The standard InChI is InChI=1S/C13H20N2O2.ClH/c1-4-14-10(2)9-15-13(16)11-6-5-7-12(8-11)17-3;/h5-8,10,14H,4,9H2,1-3H3,(H,15,16);1H/t10-;/m1./s1. The largest absolute Gasteiger partial charge is 0.497 e. The van der Waals surface area contributed by atoms with Gasteiger partial charge in [-0.05, 0) is 31.7 Å². The molecule has 1 rings (SSSR count). The zero-order valence-electron chi connectivity index (χ0n) is 11.0. The molecule has 5 heteroatoms. The molecule has 0 fully saturated rings. The molecule has 0 aliphatic rings. The molecule has 2 N–H and O–H groups in total. The number of carbonyl (C=O) groups is 1. The summed E-state index contributed by atoms with van der Waals surface area (Å²) in [5.41, 5.74) is 0.619. The van der Waals surface area contributed by atoms with Crippen LogP contribution in [0.15, 0.2) is 24.3 Å². The summed E-state index contributed by atoms with van der Waals surface area (Å²) in [5.74, 6) is 0.617. The molecular formula is C13H21ClN2O2. The van der Waals surface area contributed by atoms with E-state index in [1.54, 1.807) is 19.2 Å². The van der Waals surface area contributed by atoms with E-state index in [1.807, 2.05) is 26.0 Å².